The summed E-state index contributed by atoms with van der Waals surface area (Å²) in [5, 5.41) is 8.91. The number of nitrogens with one attached hydrogen (secondary N) is 3. The van der Waals surface area contributed by atoms with Crippen LogP contribution < -0.4 is 16.0 Å². The maximum atomic E-state index is 11.9. The topological polar surface area (TPSA) is 70.2 Å². The Bertz CT molecular complexity index is 479. The van der Waals surface area contributed by atoms with Crippen LogP contribution in [-0.2, 0) is 4.79 Å². The van der Waals surface area contributed by atoms with Gasteiger partial charge in [-0.2, -0.15) is 0 Å². The molecule has 1 aliphatic rings. The van der Waals surface area contributed by atoms with E-state index in [1.165, 1.54) is 0 Å². The van der Waals surface area contributed by atoms with Crippen molar-refractivity contribution >= 4 is 11.8 Å². The molecule has 1 saturated heterocycles. The minimum absolute atomic E-state index is 0.0350. The van der Waals surface area contributed by atoms with Gasteiger partial charge in [-0.15, -0.1) is 0 Å². The maximum absolute atomic E-state index is 11.9. The number of hydrogen-bond acceptors (Lipinski definition) is 3. The molecule has 1 heterocycles. The lowest BCUT2D eigenvalue weighted by Crippen LogP contribution is -2.41. The van der Waals surface area contributed by atoms with Crippen molar-refractivity contribution in [3.63, 3.8) is 0 Å². The molecule has 0 aromatic heterocycles. The molecule has 5 heteroatoms. The van der Waals surface area contributed by atoms with Crippen molar-refractivity contribution in [3.8, 4) is 0 Å². The maximum Gasteiger partial charge on any atom is 0.251 e. The van der Waals surface area contributed by atoms with Gasteiger partial charge in [0.15, 0.2) is 0 Å². The molecule has 2 rings (SSSR count). The monoisotopic (exact) mass is 289 g/mol. The predicted molar refractivity (Wildman–Crippen MR) is 82.2 cm³/mol. The Morgan fingerprint density at radius 2 is 1.90 bits per heavy atom. The third-order valence-electron chi connectivity index (χ3n) is 3.63. The van der Waals surface area contributed by atoms with E-state index in [2.05, 4.69) is 16.0 Å². The second kappa shape index (κ2) is 7.78. The van der Waals surface area contributed by atoms with Gasteiger partial charge in [0.25, 0.3) is 5.91 Å². The van der Waals surface area contributed by atoms with E-state index in [0.29, 0.717) is 18.7 Å². The van der Waals surface area contributed by atoms with Gasteiger partial charge in [0.1, 0.15) is 0 Å². The summed E-state index contributed by atoms with van der Waals surface area (Å²) in [5.74, 6) is -0.00357. The molecule has 1 aromatic carbocycles. The first-order chi connectivity index (χ1) is 10.2. The van der Waals surface area contributed by atoms with Crippen molar-refractivity contribution in [1.29, 1.82) is 0 Å². The summed E-state index contributed by atoms with van der Waals surface area (Å²) in [7, 11) is 0. The largest absolute Gasteiger partial charge is 0.355 e. The van der Waals surface area contributed by atoms with Gasteiger partial charge in [-0.3, -0.25) is 9.59 Å². The molecule has 0 radical (unpaired) electrons. The molecule has 0 saturated carbocycles. The number of benzene rings is 1. The summed E-state index contributed by atoms with van der Waals surface area (Å²) in [6.45, 7) is 4.06. The Morgan fingerprint density at radius 3 is 2.57 bits per heavy atom. The van der Waals surface area contributed by atoms with Crippen molar-refractivity contribution in [2.75, 3.05) is 19.6 Å². The third-order valence-corrected chi connectivity index (χ3v) is 3.63. The number of rotatable bonds is 6. The number of amides is 2. The zero-order valence-corrected chi connectivity index (χ0v) is 12.4. The van der Waals surface area contributed by atoms with E-state index in [9.17, 15) is 9.59 Å². The fourth-order valence-corrected chi connectivity index (χ4v) is 2.34. The smallest absolute Gasteiger partial charge is 0.251 e. The standard InChI is InChI=1S/C16H23N3O2/c1-12-5-7-13(8-6-12)15(20)18-10-3-11-19-16(21)14-4-2-9-17-14/h5-8,14,17H,2-4,9-11H2,1H3,(H,18,20)(H,19,21)/t14-/m0/s1. The molecule has 21 heavy (non-hydrogen) atoms. The lowest BCUT2D eigenvalue weighted by Gasteiger charge is -2.11. The lowest BCUT2D eigenvalue weighted by molar-refractivity contribution is -0.122. The van der Waals surface area contributed by atoms with Crippen LogP contribution in [0.2, 0.25) is 0 Å². The average molecular weight is 289 g/mol. The fraction of sp³-hybridized carbons (Fsp3) is 0.500. The number of aryl methyl sites for hydroxylation is 1. The molecule has 1 aromatic rings. The van der Waals surface area contributed by atoms with Crippen LogP contribution in [0.4, 0.5) is 0 Å². The van der Waals surface area contributed by atoms with Crippen LogP contribution in [-0.4, -0.2) is 37.5 Å². The number of carbonyl (C=O) groups excluding carboxylic acids is 2. The second-order valence-corrected chi connectivity index (χ2v) is 5.42. The van der Waals surface area contributed by atoms with E-state index in [1.54, 1.807) is 0 Å². The summed E-state index contributed by atoms with van der Waals surface area (Å²) in [5.41, 5.74) is 1.80. The SMILES string of the molecule is Cc1ccc(C(=O)NCCCNC(=O)[C@@H]2CCCN2)cc1. The molecular weight excluding hydrogens is 266 g/mol. The van der Waals surface area contributed by atoms with Gasteiger partial charge in [0.05, 0.1) is 6.04 Å². The first-order valence-corrected chi connectivity index (χ1v) is 7.53. The van der Waals surface area contributed by atoms with E-state index in [1.807, 2.05) is 31.2 Å². The van der Waals surface area contributed by atoms with Gasteiger partial charge in [0, 0.05) is 18.7 Å². The Hall–Kier alpha value is -1.88. The van der Waals surface area contributed by atoms with Gasteiger partial charge in [-0.05, 0) is 44.9 Å². The van der Waals surface area contributed by atoms with Crippen LogP contribution in [0.25, 0.3) is 0 Å². The summed E-state index contributed by atoms with van der Waals surface area (Å²) < 4.78 is 0. The Morgan fingerprint density at radius 1 is 1.19 bits per heavy atom. The summed E-state index contributed by atoms with van der Waals surface area (Å²) in [6.07, 6.45) is 2.71. The lowest BCUT2D eigenvalue weighted by atomic mass is 10.1. The molecule has 114 valence electrons. The van der Waals surface area contributed by atoms with E-state index < -0.39 is 0 Å². The first-order valence-electron chi connectivity index (χ1n) is 7.53. The fourth-order valence-electron chi connectivity index (χ4n) is 2.34. The number of hydrogen-bond donors (Lipinski definition) is 3. The summed E-state index contributed by atoms with van der Waals surface area (Å²) in [4.78, 5) is 23.6. The van der Waals surface area contributed by atoms with Crippen molar-refractivity contribution in [3.05, 3.63) is 35.4 Å². The van der Waals surface area contributed by atoms with Crippen LogP contribution in [0.3, 0.4) is 0 Å². The van der Waals surface area contributed by atoms with E-state index in [-0.39, 0.29) is 17.9 Å². The minimum atomic E-state index is -0.0706. The van der Waals surface area contributed by atoms with Crippen LogP contribution in [0.1, 0.15) is 35.2 Å². The molecule has 3 N–H and O–H groups in total. The molecule has 1 fully saturated rings. The molecule has 0 aliphatic carbocycles. The van der Waals surface area contributed by atoms with Gasteiger partial charge in [-0.25, -0.2) is 0 Å². The molecular formula is C16H23N3O2. The van der Waals surface area contributed by atoms with E-state index >= 15 is 0 Å². The van der Waals surface area contributed by atoms with E-state index in [0.717, 1.165) is 31.4 Å². The molecule has 5 nitrogen and oxygen atoms in total. The zero-order valence-electron chi connectivity index (χ0n) is 12.4. The van der Waals surface area contributed by atoms with Crippen LogP contribution >= 0.6 is 0 Å². The third kappa shape index (κ3) is 4.86. The quantitative estimate of drug-likeness (QED) is 0.684. The van der Waals surface area contributed by atoms with Gasteiger partial charge < -0.3 is 16.0 Å². The van der Waals surface area contributed by atoms with Crippen LogP contribution in [0.5, 0.6) is 0 Å². The summed E-state index contributed by atoms with van der Waals surface area (Å²) in [6, 6.07) is 7.44. The molecule has 0 spiro atoms. The van der Waals surface area contributed by atoms with Crippen molar-refractivity contribution in [2.45, 2.75) is 32.2 Å². The van der Waals surface area contributed by atoms with Gasteiger partial charge >= 0.3 is 0 Å². The highest BCUT2D eigenvalue weighted by Gasteiger charge is 2.21. The normalized spacial score (nSPS) is 17.5. The molecule has 2 amide bonds. The van der Waals surface area contributed by atoms with Crippen molar-refractivity contribution in [1.82, 2.24) is 16.0 Å². The summed E-state index contributed by atoms with van der Waals surface area (Å²) >= 11 is 0. The second-order valence-electron chi connectivity index (χ2n) is 5.42. The first kappa shape index (κ1) is 15.5. The zero-order chi connectivity index (χ0) is 15.1. The molecule has 0 unspecified atom stereocenters. The Balaban J connectivity index is 1.60. The van der Waals surface area contributed by atoms with Gasteiger partial charge in [0.2, 0.25) is 5.91 Å². The molecule has 1 atom stereocenters. The van der Waals surface area contributed by atoms with Crippen molar-refractivity contribution in [2.24, 2.45) is 0 Å². The van der Waals surface area contributed by atoms with Crippen LogP contribution in [0, 0.1) is 6.92 Å². The van der Waals surface area contributed by atoms with Gasteiger partial charge in [-0.1, -0.05) is 17.7 Å². The molecule has 1 aliphatic heterocycles. The predicted octanol–water partition coefficient (Wildman–Crippen LogP) is 0.983. The Kier molecular flexibility index (Phi) is 5.75. The molecule has 0 bridgehead atoms. The highest BCUT2D eigenvalue weighted by molar-refractivity contribution is 5.94. The highest BCUT2D eigenvalue weighted by atomic mass is 16.2. The van der Waals surface area contributed by atoms with Crippen molar-refractivity contribution < 1.29 is 9.59 Å². The minimum Gasteiger partial charge on any atom is -0.355 e. The van der Waals surface area contributed by atoms with E-state index in [4.69, 9.17) is 0 Å². The Labute approximate surface area is 125 Å². The average Bonchev–Trinajstić information content (AvgIpc) is 3.01. The van der Waals surface area contributed by atoms with Crippen LogP contribution in [0.15, 0.2) is 24.3 Å². The highest BCUT2D eigenvalue weighted by Crippen LogP contribution is 2.04. The number of carbonyl (C=O) groups is 2.